The lowest BCUT2D eigenvalue weighted by atomic mass is 9.59. The Bertz CT molecular complexity index is 2730. The molecule has 0 amide bonds. The van der Waals surface area contributed by atoms with Crippen LogP contribution in [0.4, 0.5) is 22.7 Å². The summed E-state index contributed by atoms with van der Waals surface area (Å²) in [6, 6.07) is 56.3. The molecule has 0 saturated heterocycles. The van der Waals surface area contributed by atoms with Crippen molar-refractivity contribution in [2.24, 2.45) is 11.8 Å². The normalized spacial score (nSPS) is 28.3. The Kier molecular flexibility index (Phi) is 7.54. The van der Waals surface area contributed by atoms with Gasteiger partial charge in [0.25, 0.3) is 0 Å². The average molecular weight is 781 g/mol. The van der Waals surface area contributed by atoms with Gasteiger partial charge >= 0.3 is 0 Å². The van der Waals surface area contributed by atoms with Crippen molar-refractivity contribution in [2.45, 2.75) is 102 Å². The van der Waals surface area contributed by atoms with Crippen LogP contribution < -0.4 is 9.80 Å². The zero-order valence-electron chi connectivity index (χ0n) is 36.1. The third kappa shape index (κ3) is 4.77. The summed E-state index contributed by atoms with van der Waals surface area (Å²) < 4.78 is 0. The monoisotopic (exact) mass is 780 g/mol. The van der Waals surface area contributed by atoms with Gasteiger partial charge in [-0.25, -0.2) is 0 Å². The van der Waals surface area contributed by atoms with E-state index in [0.717, 1.165) is 0 Å². The summed E-state index contributed by atoms with van der Waals surface area (Å²) in [6.45, 7) is 15.1. The molecule has 6 unspecified atom stereocenters. The molecule has 2 heterocycles. The van der Waals surface area contributed by atoms with Crippen molar-refractivity contribution < 1.29 is 0 Å². The van der Waals surface area contributed by atoms with Gasteiger partial charge in [0.15, 0.2) is 0 Å². The quantitative estimate of drug-likeness (QED) is 0.164. The molecule has 0 radical (unpaired) electrons. The van der Waals surface area contributed by atoms with Gasteiger partial charge in [-0.1, -0.05) is 100 Å². The van der Waals surface area contributed by atoms with E-state index in [1.54, 1.807) is 0 Å². The largest absolute Gasteiger partial charge is 0.334 e. The molecule has 0 spiro atoms. The number of benzene rings is 8. The third-order valence-electron chi connectivity index (χ3n) is 17.0. The standard InChI is InChI=1S/C58H56N2/c1-37-25-27-55(3)49-33-39(21-23-51(49)59(57(55,5)35-37)47-13-9-7-10-14-47)45-29-41-17-19-43-31-46(32-44-20-18-42(30-45)53(41)54(43)44)40-22-24-52-50(34-40)56(4)28-26-38(2)36-58(56,6)60(52)48-15-11-8-12-16-48/h7-24,29-34,37-38H,25-28,35-36H2,1-6H3. The minimum absolute atomic E-state index is 0.0225. The molecule has 2 nitrogen and oxygen atoms in total. The molecule has 12 rings (SSSR count). The van der Waals surface area contributed by atoms with Crippen LogP contribution in [-0.2, 0) is 10.8 Å². The minimum Gasteiger partial charge on any atom is -0.334 e. The van der Waals surface area contributed by atoms with Gasteiger partial charge in [-0.15, -0.1) is 0 Å². The molecule has 2 fully saturated rings. The molecule has 0 N–H and O–H groups in total. The van der Waals surface area contributed by atoms with E-state index in [1.807, 2.05) is 0 Å². The molecular weight excluding hydrogens is 725 g/mol. The van der Waals surface area contributed by atoms with Gasteiger partial charge in [0.05, 0.1) is 11.1 Å². The van der Waals surface area contributed by atoms with Gasteiger partial charge in [0.1, 0.15) is 0 Å². The van der Waals surface area contributed by atoms with Gasteiger partial charge < -0.3 is 9.80 Å². The molecule has 60 heavy (non-hydrogen) atoms. The number of hydrogen-bond donors (Lipinski definition) is 0. The van der Waals surface area contributed by atoms with Crippen LogP contribution >= 0.6 is 0 Å². The van der Waals surface area contributed by atoms with E-state index in [2.05, 4.69) is 197 Å². The fourth-order valence-corrected chi connectivity index (χ4v) is 13.6. The van der Waals surface area contributed by atoms with Gasteiger partial charge in [0, 0.05) is 33.6 Å². The Labute approximate surface area is 356 Å². The third-order valence-corrected chi connectivity index (χ3v) is 17.0. The average Bonchev–Trinajstić information content (AvgIpc) is 3.59. The van der Waals surface area contributed by atoms with Crippen molar-refractivity contribution in [3.05, 3.63) is 157 Å². The molecule has 2 aliphatic heterocycles. The highest BCUT2D eigenvalue weighted by atomic mass is 15.3. The molecule has 8 aromatic carbocycles. The Morgan fingerprint density at radius 2 is 0.783 bits per heavy atom. The molecule has 6 atom stereocenters. The summed E-state index contributed by atoms with van der Waals surface area (Å²) >= 11 is 0. The molecule has 4 aliphatic rings. The smallest absolute Gasteiger partial charge is 0.0520 e. The fraction of sp³-hybridized carbons (Fsp3) is 0.310. The van der Waals surface area contributed by atoms with E-state index >= 15 is 0 Å². The highest BCUT2D eigenvalue weighted by molar-refractivity contribution is 6.24. The van der Waals surface area contributed by atoms with E-state index in [0.29, 0.717) is 11.8 Å². The van der Waals surface area contributed by atoms with Crippen molar-refractivity contribution in [3.63, 3.8) is 0 Å². The fourth-order valence-electron chi connectivity index (χ4n) is 13.6. The molecule has 2 aliphatic carbocycles. The Hall–Kier alpha value is -5.60. The number of para-hydroxylation sites is 2. The first-order valence-corrected chi connectivity index (χ1v) is 22.7. The number of anilines is 4. The molecule has 0 aromatic heterocycles. The lowest BCUT2D eigenvalue weighted by Gasteiger charge is -2.52. The van der Waals surface area contributed by atoms with Crippen molar-refractivity contribution in [1.29, 1.82) is 0 Å². The second-order valence-electron chi connectivity index (χ2n) is 20.4. The van der Waals surface area contributed by atoms with Crippen molar-refractivity contribution >= 4 is 55.1 Å². The molecule has 298 valence electrons. The summed E-state index contributed by atoms with van der Waals surface area (Å²) in [5.74, 6) is 1.41. The summed E-state index contributed by atoms with van der Waals surface area (Å²) in [4.78, 5) is 5.37. The maximum Gasteiger partial charge on any atom is 0.0520 e. The second-order valence-corrected chi connectivity index (χ2v) is 20.4. The predicted octanol–water partition coefficient (Wildman–Crippen LogP) is 15.9. The van der Waals surface area contributed by atoms with Crippen LogP contribution in [0, 0.1) is 11.8 Å². The van der Waals surface area contributed by atoms with Crippen LogP contribution in [0.3, 0.4) is 0 Å². The van der Waals surface area contributed by atoms with Gasteiger partial charge in [-0.05, 0) is 203 Å². The topological polar surface area (TPSA) is 6.48 Å². The lowest BCUT2D eigenvalue weighted by molar-refractivity contribution is 0.154. The van der Waals surface area contributed by atoms with Crippen LogP contribution in [0.25, 0.3) is 54.6 Å². The van der Waals surface area contributed by atoms with Crippen LogP contribution in [-0.4, -0.2) is 11.1 Å². The van der Waals surface area contributed by atoms with Gasteiger partial charge in [-0.2, -0.15) is 0 Å². The SMILES string of the molecule is CC1CCC2(C)c3cc(-c4cc5ccc6cc(-c7ccc8c(c7)C7(C)CCC(C)CC7(C)N8c7ccccc7)cc7ccc(c4)c5c67)ccc3N(c3ccccc3)C2(C)C1. The summed E-state index contributed by atoms with van der Waals surface area (Å²) in [7, 11) is 0. The van der Waals surface area contributed by atoms with E-state index < -0.39 is 0 Å². The van der Waals surface area contributed by atoms with Crippen molar-refractivity contribution in [2.75, 3.05) is 9.80 Å². The van der Waals surface area contributed by atoms with E-state index in [-0.39, 0.29) is 21.9 Å². The summed E-state index contributed by atoms with van der Waals surface area (Å²) in [5.41, 5.74) is 13.8. The zero-order chi connectivity index (χ0) is 40.8. The van der Waals surface area contributed by atoms with Gasteiger partial charge in [0.2, 0.25) is 0 Å². The van der Waals surface area contributed by atoms with Crippen LogP contribution in [0.5, 0.6) is 0 Å². The molecule has 0 bridgehead atoms. The highest BCUT2D eigenvalue weighted by Gasteiger charge is 2.60. The second kappa shape index (κ2) is 12.5. The van der Waals surface area contributed by atoms with Crippen LogP contribution in [0.1, 0.15) is 91.2 Å². The first-order valence-electron chi connectivity index (χ1n) is 22.7. The van der Waals surface area contributed by atoms with Crippen molar-refractivity contribution in [1.82, 2.24) is 0 Å². The van der Waals surface area contributed by atoms with E-state index in [1.165, 1.54) is 127 Å². The minimum atomic E-state index is 0.0225. The summed E-state index contributed by atoms with van der Waals surface area (Å²) in [5, 5.41) is 8.03. The number of rotatable bonds is 4. The predicted molar refractivity (Wildman–Crippen MR) is 256 cm³/mol. The molecule has 2 saturated carbocycles. The lowest BCUT2D eigenvalue weighted by Crippen LogP contribution is -2.56. The van der Waals surface area contributed by atoms with Crippen LogP contribution in [0.2, 0.25) is 0 Å². The Morgan fingerprint density at radius 1 is 0.417 bits per heavy atom. The van der Waals surface area contributed by atoms with Crippen LogP contribution in [0.15, 0.2) is 146 Å². The number of nitrogens with zero attached hydrogens (tertiary/aromatic N) is 2. The molecule has 2 heteroatoms. The first-order chi connectivity index (χ1) is 29.0. The zero-order valence-corrected chi connectivity index (χ0v) is 36.1. The summed E-state index contributed by atoms with van der Waals surface area (Å²) in [6.07, 6.45) is 7.37. The Balaban J connectivity index is 0.946. The Morgan fingerprint density at radius 3 is 1.15 bits per heavy atom. The van der Waals surface area contributed by atoms with Gasteiger partial charge in [-0.3, -0.25) is 0 Å². The van der Waals surface area contributed by atoms with Crippen molar-refractivity contribution in [3.8, 4) is 22.3 Å². The maximum atomic E-state index is 2.69. The highest BCUT2D eigenvalue weighted by Crippen LogP contribution is 2.63. The van der Waals surface area contributed by atoms with E-state index in [4.69, 9.17) is 0 Å². The number of fused-ring (bicyclic) bond motifs is 6. The molecular formula is C58H56N2. The number of hydrogen-bond acceptors (Lipinski definition) is 2. The first kappa shape index (κ1) is 36.3. The molecule has 8 aromatic rings. The van der Waals surface area contributed by atoms with E-state index in [9.17, 15) is 0 Å². The maximum absolute atomic E-state index is 2.69.